The molecule has 3 aromatic rings. The normalized spacial score (nSPS) is 10.7. The van der Waals surface area contributed by atoms with Gasteiger partial charge in [-0.3, -0.25) is 10.1 Å². The molecule has 31 heavy (non-hydrogen) atoms. The summed E-state index contributed by atoms with van der Waals surface area (Å²) in [5, 5.41) is 10.8. The Balaban J connectivity index is 1.84. The van der Waals surface area contributed by atoms with Gasteiger partial charge < -0.3 is 11.1 Å². The molecule has 0 unspecified atom stereocenters. The van der Waals surface area contributed by atoms with Crippen LogP contribution in [0.3, 0.4) is 0 Å². The number of aromatic nitrogens is 2. The highest BCUT2D eigenvalue weighted by Crippen LogP contribution is 2.29. The van der Waals surface area contributed by atoms with Crippen molar-refractivity contribution in [2.75, 3.05) is 10.6 Å². The number of nitrogens with zero attached hydrogens (tertiary/aromatic N) is 2. The number of rotatable bonds is 8. The summed E-state index contributed by atoms with van der Waals surface area (Å²) < 4.78 is 1.65. The first-order valence-electron chi connectivity index (χ1n) is 9.86. The molecule has 1 heterocycles. The number of carbonyl (C=O) groups excluding carboxylic acids is 2. The van der Waals surface area contributed by atoms with Crippen LogP contribution in [0.5, 0.6) is 0 Å². The summed E-state index contributed by atoms with van der Waals surface area (Å²) in [6.07, 6.45) is 2.97. The molecule has 0 spiro atoms. The lowest BCUT2D eigenvalue weighted by Crippen LogP contribution is -2.21. The number of aryl methyl sites for hydroxylation is 1. The first kappa shape index (κ1) is 22.7. The van der Waals surface area contributed by atoms with Crippen LogP contribution in [0.25, 0.3) is 5.69 Å². The Bertz CT molecular complexity index is 1080. The molecule has 0 bridgehead atoms. The Morgan fingerprint density at radius 3 is 2.52 bits per heavy atom. The van der Waals surface area contributed by atoms with E-state index in [1.807, 2.05) is 30.3 Å². The monoisotopic (exact) mass is 459 g/mol. The molecular weight excluding hydrogens is 437 g/mol. The summed E-state index contributed by atoms with van der Waals surface area (Å²) in [5.41, 5.74) is 8.07. The van der Waals surface area contributed by atoms with Gasteiger partial charge in [-0.1, -0.05) is 54.7 Å². The number of amides is 3. The van der Waals surface area contributed by atoms with E-state index in [9.17, 15) is 9.59 Å². The van der Waals surface area contributed by atoms with E-state index in [1.54, 1.807) is 22.9 Å². The van der Waals surface area contributed by atoms with Gasteiger partial charge in [0, 0.05) is 6.07 Å². The molecule has 9 heteroatoms. The van der Waals surface area contributed by atoms with Gasteiger partial charge in [-0.15, -0.1) is 0 Å². The first-order valence-corrected chi connectivity index (χ1v) is 10.6. The zero-order valence-corrected chi connectivity index (χ0v) is 18.5. The average molecular weight is 460 g/mol. The van der Waals surface area contributed by atoms with Crippen molar-refractivity contribution < 1.29 is 9.59 Å². The molecule has 3 amide bonds. The van der Waals surface area contributed by atoms with Crippen molar-refractivity contribution >= 4 is 46.6 Å². The van der Waals surface area contributed by atoms with Crippen LogP contribution < -0.4 is 16.4 Å². The standard InChI is InChI=1S/C22H23Cl2N5O2/c1-2-3-5-15-13-20(27-22(31)26-18-7-4-6-17(23)21(18)24)29(28-15)16-10-8-14(9-11-16)12-19(25)30/h4,6-11,13H,2-3,5,12H2,1H3,(H2,25,30)(H2,26,27,31). The third-order valence-electron chi connectivity index (χ3n) is 4.55. The van der Waals surface area contributed by atoms with Gasteiger partial charge in [0.25, 0.3) is 0 Å². The number of primary amides is 1. The van der Waals surface area contributed by atoms with Gasteiger partial charge in [-0.2, -0.15) is 5.10 Å². The molecular formula is C22H23Cl2N5O2. The Morgan fingerprint density at radius 1 is 1.10 bits per heavy atom. The second-order valence-corrected chi connectivity index (χ2v) is 7.81. The largest absolute Gasteiger partial charge is 0.369 e. The summed E-state index contributed by atoms with van der Waals surface area (Å²) in [5.74, 6) is 0.108. The highest BCUT2D eigenvalue weighted by atomic mass is 35.5. The third-order valence-corrected chi connectivity index (χ3v) is 5.37. The fraction of sp³-hybridized carbons (Fsp3) is 0.227. The fourth-order valence-electron chi connectivity index (χ4n) is 3.02. The lowest BCUT2D eigenvalue weighted by molar-refractivity contribution is -0.117. The molecule has 0 aliphatic rings. The lowest BCUT2D eigenvalue weighted by atomic mass is 10.1. The van der Waals surface area contributed by atoms with Crippen LogP contribution in [0.15, 0.2) is 48.5 Å². The van der Waals surface area contributed by atoms with E-state index >= 15 is 0 Å². The number of anilines is 2. The lowest BCUT2D eigenvalue weighted by Gasteiger charge is -2.11. The number of urea groups is 1. The number of halogens is 2. The molecule has 0 aliphatic heterocycles. The van der Waals surface area contributed by atoms with E-state index in [1.165, 1.54) is 0 Å². The number of unbranched alkanes of at least 4 members (excludes halogenated alkanes) is 1. The van der Waals surface area contributed by atoms with E-state index in [0.717, 1.165) is 36.2 Å². The van der Waals surface area contributed by atoms with Gasteiger partial charge in [0.15, 0.2) is 0 Å². The van der Waals surface area contributed by atoms with E-state index in [-0.39, 0.29) is 11.4 Å². The Hall–Kier alpha value is -3.03. The van der Waals surface area contributed by atoms with Crippen molar-refractivity contribution in [2.45, 2.75) is 32.6 Å². The van der Waals surface area contributed by atoms with Gasteiger partial charge in [0.05, 0.1) is 33.5 Å². The quantitative estimate of drug-likeness (QED) is 0.431. The highest BCUT2D eigenvalue weighted by Gasteiger charge is 2.14. The van der Waals surface area contributed by atoms with Crippen molar-refractivity contribution in [1.29, 1.82) is 0 Å². The molecule has 162 valence electrons. The van der Waals surface area contributed by atoms with Crippen molar-refractivity contribution in [3.05, 3.63) is 69.8 Å². The third kappa shape index (κ3) is 5.99. The molecule has 1 aromatic heterocycles. The molecule has 0 radical (unpaired) electrons. The second-order valence-electron chi connectivity index (χ2n) is 7.03. The molecule has 7 nitrogen and oxygen atoms in total. The molecule has 3 rings (SSSR count). The molecule has 0 saturated carbocycles. The second kappa shape index (κ2) is 10.3. The van der Waals surface area contributed by atoms with Crippen LogP contribution in [0.4, 0.5) is 16.3 Å². The number of benzene rings is 2. The molecule has 4 N–H and O–H groups in total. The van der Waals surface area contributed by atoms with Crippen LogP contribution in [0.2, 0.25) is 10.0 Å². The van der Waals surface area contributed by atoms with Crippen LogP contribution in [-0.4, -0.2) is 21.7 Å². The molecule has 0 fully saturated rings. The molecule has 2 aromatic carbocycles. The maximum atomic E-state index is 12.6. The zero-order valence-electron chi connectivity index (χ0n) is 17.0. The van der Waals surface area contributed by atoms with Gasteiger partial charge in [-0.05, 0) is 42.7 Å². The van der Waals surface area contributed by atoms with Crippen molar-refractivity contribution in [1.82, 2.24) is 9.78 Å². The number of carbonyl (C=O) groups is 2. The zero-order chi connectivity index (χ0) is 22.4. The number of hydrogen-bond donors (Lipinski definition) is 3. The predicted molar refractivity (Wildman–Crippen MR) is 124 cm³/mol. The smallest absolute Gasteiger partial charge is 0.324 e. The van der Waals surface area contributed by atoms with Gasteiger partial charge in [-0.25, -0.2) is 9.48 Å². The van der Waals surface area contributed by atoms with Crippen LogP contribution >= 0.6 is 23.2 Å². The van der Waals surface area contributed by atoms with E-state index < -0.39 is 11.9 Å². The maximum Gasteiger partial charge on any atom is 0.324 e. The van der Waals surface area contributed by atoms with Gasteiger partial charge in [0.1, 0.15) is 5.82 Å². The van der Waals surface area contributed by atoms with E-state index in [2.05, 4.69) is 22.7 Å². The van der Waals surface area contributed by atoms with Crippen LogP contribution in [0.1, 0.15) is 31.0 Å². The van der Waals surface area contributed by atoms with Crippen LogP contribution in [-0.2, 0) is 17.6 Å². The topological polar surface area (TPSA) is 102 Å². The summed E-state index contributed by atoms with van der Waals surface area (Å²) >= 11 is 12.2. The minimum absolute atomic E-state index is 0.162. The van der Waals surface area contributed by atoms with Gasteiger partial charge in [0.2, 0.25) is 5.91 Å². The van der Waals surface area contributed by atoms with Crippen LogP contribution in [0, 0.1) is 0 Å². The summed E-state index contributed by atoms with van der Waals surface area (Å²) in [4.78, 5) is 23.7. The average Bonchev–Trinajstić information content (AvgIpc) is 3.12. The number of nitrogens with one attached hydrogen (secondary N) is 2. The minimum Gasteiger partial charge on any atom is -0.369 e. The molecule has 0 aliphatic carbocycles. The van der Waals surface area contributed by atoms with E-state index in [0.29, 0.717) is 16.5 Å². The van der Waals surface area contributed by atoms with Crippen molar-refractivity contribution in [3.63, 3.8) is 0 Å². The predicted octanol–water partition coefficient (Wildman–Crippen LogP) is 5.19. The maximum absolute atomic E-state index is 12.6. The Labute approximate surface area is 190 Å². The fourth-order valence-corrected chi connectivity index (χ4v) is 3.37. The number of hydrogen-bond acceptors (Lipinski definition) is 3. The number of nitrogens with two attached hydrogens (primary N) is 1. The van der Waals surface area contributed by atoms with E-state index in [4.69, 9.17) is 28.9 Å². The summed E-state index contributed by atoms with van der Waals surface area (Å²) in [6, 6.07) is 13.6. The Kier molecular flexibility index (Phi) is 7.55. The molecule has 0 atom stereocenters. The van der Waals surface area contributed by atoms with Gasteiger partial charge >= 0.3 is 6.03 Å². The first-order chi connectivity index (χ1) is 14.9. The summed E-state index contributed by atoms with van der Waals surface area (Å²) in [6.45, 7) is 2.11. The Morgan fingerprint density at radius 2 is 1.84 bits per heavy atom. The van der Waals surface area contributed by atoms with Crippen molar-refractivity contribution in [2.24, 2.45) is 5.73 Å². The SMILES string of the molecule is CCCCc1cc(NC(=O)Nc2cccc(Cl)c2Cl)n(-c2ccc(CC(N)=O)cc2)n1. The van der Waals surface area contributed by atoms with Crippen molar-refractivity contribution in [3.8, 4) is 5.69 Å². The molecule has 0 saturated heterocycles. The minimum atomic E-state index is -0.474. The summed E-state index contributed by atoms with van der Waals surface area (Å²) in [7, 11) is 0. The highest BCUT2D eigenvalue weighted by molar-refractivity contribution is 6.44.